The molecule has 0 fully saturated rings. The molecule has 3 rings (SSSR count). The molecule has 0 radical (unpaired) electrons. The lowest BCUT2D eigenvalue weighted by Gasteiger charge is -2.42. The average molecular weight is 464 g/mol. The highest BCUT2D eigenvalue weighted by Crippen LogP contribution is 2.46. The van der Waals surface area contributed by atoms with Crippen LogP contribution in [0.1, 0.15) is 52.2 Å². The van der Waals surface area contributed by atoms with Crippen molar-refractivity contribution in [2.75, 3.05) is 6.61 Å². The summed E-state index contributed by atoms with van der Waals surface area (Å²) in [5.41, 5.74) is -1.55. The van der Waals surface area contributed by atoms with Gasteiger partial charge in [0, 0.05) is 6.21 Å². The van der Waals surface area contributed by atoms with Gasteiger partial charge in [-0.3, -0.25) is 14.6 Å². The summed E-state index contributed by atoms with van der Waals surface area (Å²) in [5, 5.41) is 0. The minimum absolute atomic E-state index is 0.210. The first-order valence-electron chi connectivity index (χ1n) is 11.5. The number of benzene rings is 2. The number of carbonyl (C=O) groups excluding carboxylic acids is 2. The van der Waals surface area contributed by atoms with Gasteiger partial charge in [0.15, 0.2) is 0 Å². The van der Waals surface area contributed by atoms with E-state index in [1.165, 1.54) is 0 Å². The van der Waals surface area contributed by atoms with Gasteiger partial charge in [0.25, 0.3) is 0 Å². The summed E-state index contributed by atoms with van der Waals surface area (Å²) in [6, 6.07) is 17.1. The van der Waals surface area contributed by atoms with Gasteiger partial charge in [-0.05, 0) is 64.0 Å². The summed E-state index contributed by atoms with van der Waals surface area (Å²) in [4.78, 5) is 31.2. The van der Waals surface area contributed by atoms with Gasteiger partial charge in [-0.25, -0.2) is 0 Å². The van der Waals surface area contributed by atoms with Crippen molar-refractivity contribution in [3.63, 3.8) is 0 Å². The quantitative estimate of drug-likeness (QED) is 0.478. The van der Waals surface area contributed by atoms with Crippen molar-refractivity contribution in [1.82, 2.24) is 0 Å². The largest absolute Gasteiger partial charge is 0.489 e. The van der Waals surface area contributed by atoms with Crippen LogP contribution < -0.4 is 4.74 Å². The summed E-state index contributed by atoms with van der Waals surface area (Å²) in [7, 11) is 0. The first kappa shape index (κ1) is 25.2. The Morgan fingerprint density at radius 2 is 1.68 bits per heavy atom. The molecule has 2 aromatic carbocycles. The van der Waals surface area contributed by atoms with Crippen molar-refractivity contribution in [1.29, 1.82) is 0 Å². The van der Waals surface area contributed by atoms with E-state index in [1.54, 1.807) is 64.3 Å². The van der Waals surface area contributed by atoms with Gasteiger partial charge >= 0.3 is 11.9 Å². The Balaban J connectivity index is 2.02. The Labute approximate surface area is 201 Å². The smallest absolute Gasteiger partial charge is 0.320 e. The third-order valence-corrected chi connectivity index (χ3v) is 5.77. The van der Waals surface area contributed by atoms with E-state index >= 15 is 0 Å². The molecule has 0 spiro atoms. The number of ether oxygens (including phenoxy) is 3. The molecule has 2 unspecified atom stereocenters. The molecule has 0 saturated carbocycles. The molecule has 0 amide bonds. The molecule has 180 valence electrons. The first-order valence-corrected chi connectivity index (χ1v) is 11.5. The fraction of sp³-hybridized carbons (Fsp3) is 0.393. The normalized spacial score (nSPS) is 18.9. The Kier molecular flexibility index (Phi) is 7.60. The number of hydrogen-bond donors (Lipinski definition) is 0. The molecular formula is C28H33NO5. The van der Waals surface area contributed by atoms with E-state index in [2.05, 4.69) is 4.99 Å². The molecular weight excluding hydrogens is 430 g/mol. The number of esters is 2. The van der Waals surface area contributed by atoms with Crippen LogP contribution in [-0.4, -0.2) is 35.9 Å². The Morgan fingerprint density at radius 3 is 2.24 bits per heavy atom. The Bertz CT molecular complexity index is 1040. The second-order valence-corrected chi connectivity index (χ2v) is 9.47. The third-order valence-electron chi connectivity index (χ3n) is 5.77. The molecule has 0 saturated heterocycles. The van der Waals surface area contributed by atoms with E-state index in [4.69, 9.17) is 14.2 Å². The predicted molar refractivity (Wildman–Crippen MR) is 132 cm³/mol. The van der Waals surface area contributed by atoms with Crippen LogP contribution in [0.25, 0.3) is 0 Å². The van der Waals surface area contributed by atoms with Crippen LogP contribution in [0.3, 0.4) is 0 Å². The topological polar surface area (TPSA) is 74.2 Å². The van der Waals surface area contributed by atoms with Crippen molar-refractivity contribution in [2.24, 2.45) is 4.99 Å². The molecule has 6 nitrogen and oxygen atoms in total. The number of allylic oxidation sites excluding steroid dienone is 1. The average Bonchev–Trinajstić information content (AvgIpc) is 3.24. The Hall–Kier alpha value is -3.41. The van der Waals surface area contributed by atoms with Gasteiger partial charge in [0.05, 0.1) is 18.6 Å². The maximum absolute atomic E-state index is 13.8. The van der Waals surface area contributed by atoms with Gasteiger partial charge in [-0.2, -0.15) is 0 Å². The highest BCUT2D eigenvalue weighted by molar-refractivity contribution is 5.93. The van der Waals surface area contributed by atoms with Crippen molar-refractivity contribution in [3.05, 3.63) is 77.9 Å². The summed E-state index contributed by atoms with van der Waals surface area (Å²) < 4.78 is 17.1. The maximum atomic E-state index is 13.8. The van der Waals surface area contributed by atoms with Gasteiger partial charge < -0.3 is 14.2 Å². The fourth-order valence-corrected chi connectivity index (χ4v) is 4.06. The zero-order valence-electron chi connectivity index (χ0n) is 20.5. The molecule has 2 aromatic rings. The monoisotopic (exact) mass is 463 g/mol. The van der Waals surface area contributed by atoms with E-state index in [0.29, 0.717) is 17.9 Å². The van der Waals surface area contributed by atoms with Crippen molar-refractivity contribution in [3.8, 4) is 5.75 Å². The molecule has 0 aliphatic carbocycles. The fourth-order valence-electron chi connectivity index (χ4n) is 4.06. The van der Waals surface area contributed by atoms with E-state index < -0.39 is 28.5 Å². The van der Waals surface area contributed by atoms with Gasteiger partial charge in [-0.1, -0.05) is 48.5 Å². The first-order chi connectivity index (χ1) is 16.1. The summed E-state index contributed by atoms with van der Waals surface area (Å²) >= 11 is 0. The molecule has 34 heavy (non-hydrogen) atoms. The molecule has 2 atom stereocenters. The standard InChI is InChI=1S/C28H33NO5/c1-6-32-24(30)19-28(25(31)34-26(2,3)4,27(5)17-10-18-29-27)22-13-15-23(16-14-22)33-20-21-11-8-7-9-12-21/h7-18H,6,19-20H2,1-5H3. The van der Waals surface area contributed by atoms with Crippen LogP contribution in [0.15, 0.2) is 71.7 Å². The molecule has 0 N–H and O–H groups in total. The second-order valence-electron chi connectivity index (χ2n) is 9.47. The van der Waals surface area contributed by atoms with Gasteiger partial charge in [-0.15, -0.1) is 0 Å². The lowest BCUT2D eigenvalue weighted by Crippen LogP contribution is -2.55. The number of hydrogen-bond acceptors (Lipinski definition) is 6. The van der Waals surface area contributed by atoms with E-state index in [1.807, 2.05) is 43.3 Å². The van der Waals surface area contributed by atoms with Crippen LogP contribution in [0.5, 0.6) is 5.75 Å². The lowest BCUT2D eigenvalue weighted by molar-refractivity contribution is -0.168. The van der Waals surface area contributed by atoms with Crippen LogP contribution >= 0.6 is 0 Å². The molecule has 0 bridgehead atoms. The van der Waals surface area contributed by atoms with E-state index in [-0.39, 0.29) is 13.0 Å². The van der Waals surface area contributed by atoms with Crippen LogP contribution in [0, 0.1) is 0 Å². The third kappa shape index (κ3) is 5.56. The van der Waals surface area contributed by atoms with Crippen LogP contribution in [0.2, 0.25) is 0 Å². The van der Waals surface area contributed by atoms with Gasteiger partial charge in [0.2, 0.25) is 0 Å². The molecule has 1 aliphatic rings. The van der Waals surface area contributed by atoms with E-state index in [9.17, 15) is 9.59 Å². The molecule has 1 aliphatic heterocycles. The number of rotatable bonds is 9. The number of carbonyl (C=O) groups is 2. The lowest BCUT2D eigenvalue weighted by atomic mass is 9.64. The summed E-state index contributed by atoms with van der Waals surface area (Å²) in [6.45, 7) is 9.61. The molecule has 1 heterocycles. The van der Waals surface area contributed by atoms with Crippen LogP contribution in [0.4, 0.5) is 0 Å². The predicted octanol–water partition coefficient (Wildman–Crippen LogP) is 5.20. The van der Waals surface area contributed by atoms with Crippen molar-refractivity contribution in [2.45, 2.75) is 64.2 Å². The highest BCUT2D eigenvalue weighted by atomic mass is 16.6. The summed E-state index contributed by atoms with van der Waals surface area (Å²) in [6.07, 6.45) is 5.04. The van der Waals surface area contributed by atoms with Gasteiger partial charge in [0.1, 0.15) is 23.4 Å². The molecule has 0 aromatic heterocycles. The number of nitrogens with zero attached hydrogens (tertiary/aromatic N) is 1. The van der Waals surface area contributed by atoms with Crippen LogP contribution in [-0.2, 0) is 31.1 Å². The highest BCUT2D eigenvalue weighted by Gasteiger charge is 2.58. The number of aliphatic imine (C=N–C) groups is 1. The minimum atomic E-state index is -1.42. The van der Waals surface area contributed by atoms with Crippen molar-refractivity contribution >= 4 is 18.2 Å². The second kappa shape index (κ2) is 10.2. The Morgan fingerprint density at radius 1 is 1.00 bits per heavy atom. The maximum Gasteiger partial charge on any atom is 0.320 e. The SMILES string of the molecule is CCOC(=O)CC(C(=O)OC(C)(C)C)(c1ccc(OCc2ccccc2)cc1)C1(C)C=CC=N1. The van der Waals surface area contributed by atoms with Crippen molar-refractivity contribution < 1.29 is 23.8 Å². The minimum Gasteiger partial charge on any atom is -0.489 e. The summed E-state index contributed by atoms with van der Waals surface area (Å²) in [5.74, 6) is -0.371. The zero-order chi connectivity index (χ0) is 24.8. The zero-order valence-corrected chi connectivity index (χ0v) is 20.5. The van der Waals surface area contributed by atoms with E-state index in [0.717, 1.165) is 5.56 Å². The molecule has 6 heteroatoms.